The Balaban J connectivity index is 2.80. The van der Waals surface area contributed by atoms with Gasteiger partial charge in [0, 0.05) is 0 Å². The summed E-state index contributed by atoms with van der Waals surface area (Å²) in [4.78, 5) is 34.3. The fraction of sp³-hybridized carbons (Fsp3) is 1.00. The normalized spacial score (nSPS) is 35.4. The van der Waals surface area contributed by atoms with E-state index in [1.165, 1.54) is 0 Å². The van der Waals surface area contributed by atoms with Crippen molar-refractivity contribution in [3.8, 4) is 0 Å². The first-order chi connectivity index (χ1) is 9.82. The second-order valence-electron chi connectivity index (χ2n) is 4.39. The van der Waals surface area contributed by atoms with Gasteiger partial charge in [0.15, 0.2) is 6.29 Å². The molecule has 0 saturated carbocycles. The lowest BCUT2D eigenvalue weighted by molar-refractivity contribution is -0.292. The molecule has 1 heterocycles. The third-order valence-electron chi connectivity index (χ3n) is 2.64. The number of rotatable bonds is 6. The van der Waals surface area contributed by atoms with Crippen LogP contribution < -0.4 is 0 Å². The summed E-state index contributed by atoms with van der Waals surface area (Å²) in [5.74, 6) is 0. The van der Waals surface area contributed by atoms with E-state index in [9.17, 15) is 29.6 Å². The van der Waals surface area contributed by atoms with E-state index in [1.54, 1.807) is 0 Å². The molecule has 1 saturated heterocycles. The van der Waals surface area contributed by atoms with Crippen molar-refractivity contribution in [2.75, 3.05) is 6.61 Å². The van der Waals surface area contributed by atoms with Crippen molar-refractivity contribution in [2.24, 2.45) is 0 Å². The first-order valence-electron chi connectivity index (χ1n) is 5.63. The van der Waals surface area contributed by atoms with Gasteiger partial charge in [-0.3, -0.25) is 9.05 Å². The number of phosphoric ester groups is 2. The maximum Gasteiger partial charge on any atom is 0.472 e. The Labute approximate surface area is 123 Å². The van der Waals surface area contributed by atoms with E-state index in [4.69, 9.17) is 24.3 Å². The van der Waals surface area contributed by atoms with Crippen LogP contribution in [0.15, 0.2) is 0 Å². The lowest BCUT2D eigenvalue weighted by atomic mass is 9.96. The first-order valence-corrected chi connectivity index (χ1v) is 8.69. The van der Waals surface area contributed by atoms with Gasteiger partial charge in [-0.05, 0) is 0 Å². The molecular formula is C7H16O13P2. The van der Waals surface area contributed by atoms with Crippen LogP contribution in [0.5, 0.6) is 0 Å². The number of hydrogen-bond donors (Lipinski definition) is 8. The maximum atomic E-state index is 10.7. The zero-order valence-electron chi connectivity index (χ0n) is 10.7. The van der Waals surface area contributed by atoms with Crippen LogP contribution in [0.4, 0.5) is 0 Å². The summed E-state index contributed by atoms with van der Waals surface area (Å²) in [6, 6.07) is 0. The predicted octanol–water partition coefficient (Wildman–Crippen LogP) is -3.63. The van der Waals surface area contributed by atoms with Crippen LogP contribution in [0.3, 0.4) is 0 Å². The van der Waals surface area contributed by atoms with Gasteiger partial charge in [-0.1, -0.05) is 0 Å². The van der Waals surface area contributed by atoms with Crippen molar-refractivity contribution in [2.45, 2.75) is 36.8 Å². The van der Waals surface area contributed by atoms with Crippen molar-refractivity contribution in [1.29, 1.82) is 0 Å². The minimum atomic E-state index is -5.13. The first kappa shape index (κ1) is 20.1. The van der Waals surface area contributed by atoms with Crippen LogP contribution in [-0.2, 0) is 22.9 Å². The van der Waals surface area contributed by atoms with E-state index < -0.39 is 59.1 Å². The quantitative estimate of drug-likeness (QED) is 0.212. The lowest BCUT2D eigenvalue weighted by Crippen LogP contribution is -2.61. The monoisotopic (exact) mass is 370 g/mol. The van der Waals surface area contributed by atoms with E-state index in [0.29, 0.717) is 0 Å². The highest BCUT2D eigenvalue weighted by atomic mass is 31.2. The van der Waals surface area contributed by atoms with Crippen molar-refractivity contribution in [3.63, 3.8) is 0 Å². The second-order valence-corrected chi connectivity index (χ2v) is 6.82. The third-order valence-corrected chi connectivity index (χ3v) is 3.61. The molecule has 15 heteroatoms. The summed E-state index contributed by atoms with van der Waals surface area (Å²) in [5, 5.41) is 38.3. The summed E-state index contributed by atoms with van der Waals surface area (Å²) in [5.41, 5.74) is 0. The molecule has 0 aromatic carbocycles. The van der Waals surface area contributed by atoms with Gasteiger partial charge in [-0.25, -0.2) is 9.13 Å². The molecule has 0 amide bonds. The van der Waals surface area contributed by atoms with Crippen LogP contribution in [0.25, 0.3) is 0 Å². The molecule has 8 N–H and O–H groups in total. The van der Waals surface area contributed by atoms with Gasteiger partial charge in [-0.15, -0.1) is 0 Å². The van der Waals surface area contributed by atoms with Crippen LogP contribution in [-0.4, -0.2) is 83.4 Å². The van der Waals surface area contributed by atoms with E-state index in [2.05, 4.69) is 9.05 Å². The van der Waals surface area contributed by atoms with E-state index >= 15 is 0 Å². The Bertz CT molecular complexity index is 457. The van der Waals surface area contributed by atoms with Crippen molar-refractivity contribution < 1.29 is 62.9 Å². The fourth-order valence-corrected chi connectivity index (χ4v) is 2.47. The second kappa shape index (κ2) is 7.28. The molecule has 1 fully saturated rings. The molecular weight excluding hydrogens is 354 g/mol. The largest absolute Gasteiger partial charge is 0.472 e. The van der Waals surface area contributed by atoms with Crippen LogP contribution in [0.2, 0.25) is 0 Å². The molecule has 0 spiro atoms. The summed E-state index contributed by atoms with van der Waals surface area (Å²) in [6.07, 6.45) is -11.8. The molecule has 0 radical (unpaired) electrons. The topological polar surface area (TPSA) is 224 Å². The average Bonchev–Trinajstić information content (AvgIpc) is 2.34. The van der Waals surface area contributed by atoms with Crippen molar-refractivity contribution >= 4 is 15.6 Å². The van der Waals surface area contributed by atoms with Crippen molar-refractivity contribution in [3.05, 3.63) is 0 Å². The molecule has 132 valence electrons. The summed E-state index contributed by atoms with van der Waals surface area (Å²) >= 11 is 0. The highest BCUT2D eigenvalue weighted by Crippen LogP contribution is 2.41. The Kier molecular flexibility index (Phi) is 6.64. The van der Waals surface area contributed by atoms with E-state index in [-0.39, 0.29) is 0 Å². The zero-order valence-corrected chi connectivity index (χ0v) is 12.5. The molecule has 1 aliphatic rings. The van der Waals surface area contributed by atoms with Gasteiger partial charge >= 0.3 is 15.6 Å². The number of ether oxygens (including phenoxy) is 1. The van der Waals surface area contributed by atoms with Crippen LogP contribution >= 0.6 is 15.6 Å². The SMILES string of the molecule is O=P(O)(O)OC[C@H](O)[C@H]1O[C@@H](OP(=O)(O)O)[C@@H](O)[C@@H](O)[C@@H]1O. The van der Waals surface area contributed by atoms with E-state index in [0.717, 1.165) is 0 Å². The molecule has 0 aliphatic carbocycles. The number of hydrogen-bond acceptors (Lipinski definition) is 9. The van der Waals surface area contributed by atoms with E-state index in [1.807, 2.05) is 0 Å². The molecule has 6 atom stereocenters. The molecule has 1 rings (SSSR count). The van der Waals surface area contributed by atoms with Gasteiger partial charge in [-0.2, -0.15) is 0 Å². The summed E-state index contributed by atoms with van der Waals surface area (Å²) in [6.45, 7) is -1.03. The minimum Gasteiger partial charge on any atom is -0.388 e. The molecule has 0 aromatic heterocycles. The lowest BCUT2D eigenvalue weighted by Gasteiger charge is -2.41. The van der Waals surface area contributed by atoms with Crippen LogP contribution in [0.1, 0.15) is 0 Å². The Morgan fingerprint density at radius 2 is 1.50 bits per heavy atom. The standard InChI is InChI=1S/C7H16O13P2/c8-2(1-18-21(12,13)14)6-4(10)3(9)5(11)7(19-6)20-22(15,16)17/h2-11H,1H2,(H2,12,13,14)(H2,15,16,17)/t2-,3-,4-,5-,6+,7-/m0/s1. The summed E-state index contributed by atoms with van der Waals surface area (Å²) < 4.78 is 34.0. The smallest absolute Gasteiger partial charge is 0.388 e. The third kappa shape index (κ3) is 5.91. The Morgan fingerprint density at radius 3 is 1.95 bits per heavy atom. The Morgan fingerprint density at radius 1 is 0.955 bits per heavy atom. The highest BCUT2D eigenvalue weighted by molar-refractivity contribution is 7.46. The maximum absolute atomic E-state index is 10.7. The number of aliphatic hydroxyl groups is 4. The molecule has 0 bridgehead atoms. The molecule has 1 aliphatic heterocycles. The van der Waals surface area contributed by atoms with Gasteiger partial charge in [0.25, 0.3) is 0 Å². The molecule has 22 heavy (non-hydrogen) atoms. The Hall–Kier alpha value is 0.0200. The average molecular weight is 370 g/mol. The fourth-order valence-electron chi connectivity index (χ4n) is 1.68. The van der Waals surface area contributed by atoms with Gasteiger partial charge in [0.05, 0.1) is 6.61 Å². The van der Waals surface area contributed by atoms with Crippen LogP contribution in [0, 0.1) is 0 Å². The summed E-state index contributed by atoms with van der Waals surface area (Å²) in [7, 11) is -10.1. The molecule has 0 unspecified atom stereocenters. The zero-order chi connectivity index (χ0) is 17.3. The predicted molar refractivity (Wildman–Crippen MR) is 63.8 cm³/mol. The van der Waals surface area contributed by atoms with Gasteiger partial charge in [0.1, 0.15) is 30.5 Å². The van der Waals surface area contributed by atoms with Crippen molar-refractivity contribution in [1.82, 2.24) is 0 Å². The highest BCUT2D eigenvalue weighted by Gasteiger charge is 2.49. The minimum absolute atomic E-state index is 1.03. The van der Waals surface area contributed by atoms with Gasteiger partial charge < -0.3 is 44.7 Å². The molecule has 0 aromatic rings. The van der Waals surface area contributed by atoms with Gasteiger partial charge in [0.2, 0.25) is 0 Å². The number of aliphatic hydroxyl groups excluding tert-OH is 4. The molecule has 13 nitrogen and oxygen atoms in total. The number of phosphoric acid groups is 2.